The predicted octanol–water partition coefficient (Wildman–Crippen LogP) is 5.17. The maximum atomic E-state index is 14.0. The van der Waals surface area contributed by atoms with E-state index in [1.165, 1.54) is 0 Å². The molecule has 1 aromatic rings. The van der Waals surface area contributed by atoms with Crippen LogP contribution in [0.5, 0.6) is 0 Å². The van der Waals surface area contributed by atoms with Gasteiger partial charge in [-0.3, -0.25) is 0 Å². The Bertz CT molecular complexity index is 388. The molecule has 3 heteroatoms. The molecule has 0 amide bonds. The van der Waals surface area contributed by atoms with Crippen molar-refractivity contribution in [1.29, 1.82) is 0 Å². The van der Waals surface area contributed by atoms with Crippen LogP contribution in [0.25, 0.3) is 0 Å². The average molecular weight is 297 g/mol. The number of nitrogens with zero attached hydrogens (tertiary/aromatic N) is 1. The van der Waals surface area contributed by atoms with Gasteiger partial charge in [-0.25, -0.2) is 4.39 Å². The molecule has 0 spiro atoms. The lowest BCUT2D eigenvalue weighted by Crippen LogP contribution is -2.39. The standard InChI is InChI=1S/C17H28FNS/c1-4-11-17(14-20,12-5-2)13-19(6-3)16-10-8-7-9-15(16)18/h7-10,20H,4-6,11-14H2,1-3H3. The summed E-state index contributed by atoms with van der Waals surface area (Å²) in [4.78, 5) is 2.16. The van der Waals surface area contributed by atoms with Gasteiger partial charge in [0.2, 0.25) is 0 Å². The molecule has 0 bridgehead atoms. The second-order valence-corrected chi connectivity index (χ2v) is 5.94. The highest BCUT2D eigenvalue weighted by Crippen LogP contribution is 2.34. The van der Waals surface area contributed by atoms with Crippen LogP contribution in [0.15, 0.2) is 24.3 Å². The lowest BCUT2D eigenvalue weighted by atomic mass is 9.80. The summed E-state index contributed by atoms with van der Waals surface area (Å²) >= 11 is 4.60. The molecule has 0 aliphatic rings. The molecule has 1 rings (SSSR count). The van der Waals surface area contributed by atoms with E-state index in [1.807, 2.05) is 12.1 Å². The summed E-state index contributed by atoms with van der Waals surface area (Å²) in [5.41, 5.74) is 0.901. The molecule has 114 valence electrons. The molecule has 1 aromatic carbocycles. The molecule has 0 atom stereocenters. The Balaban J connectivity index is 2.96. The van der Waals surface area contributed by atoms with Crippen molar-refractivity contribution >= 4 is 18.3 Å². The molecule has 20 heavy (non-hydrogen) atoms. The largest absolute Gasteiger partial charge is 0.369 e. The summed E-state index contributed by atoms with van der Waals surface area (Å²) in [7, 11) is 0. The molecule has 1 nitrogen and oxygen atoms in total. The molecule has 0 N–H and O–H groups in total. The van der Waals surface area contributed by atoms with Crippen LogP contribution in [0.3, 0.4) is 0 Å². The Kier molecular flexibility index (Phi) is 7.42. The van der Waals surface area contributed by atoms with Crippen molar-refractivity contribution in [2.24, 2.45) is 5.41 Å². The number of anilines is 1. The molecule has 0 aromatic heterocycles. The first-order valence-electron chi connectivity index (χ1n) is 7.72. The molecule has 0 aliphatic carbocycles. The average Bonchev–Trinajstić information content (AvgIpc) is 2.46. The van der Waals surface area contributed by atoms with Crippen LogP contribution in [0, 0.1) is 11.2 Å². The molecule has 0 saturated heterocycles. The highest BCUT2D eigenvalue weighted by molar-refractivity contribution is 7.80. The van der Waals surface area contributed by atoms with E-state index in [1.54, 1.807) is 12.1 Å². The minimum Gasteiger partial charge on any atom is -0.369 e. The van der Waals surface area contributed by atoms with Gasteiger partial charge in [0.1, 0.15) is 5.82 Å². The monoisotopic (exact) mass is 297 g/mol. The van der Waals surface area contributed by atoms with Crippen molar-refractivity contribution in [2.45, 2.75) is 46.5 Å². The summed E-state index contributed by atoms with van der Waals surface area (Å²) in [6.07, 6.45) is 4.59. The van der Waals surface area contributed by atoms with Gasteiger partial charge in [-0.2, -0.15) is 12.6 Å². The normalized spacial score (nSPS) is 11.7. The van der Waals surface area contributed by atoms with Crippen LogP contribution in [0.1, 0.15) is 46.5 Å². The number of hydrogen-bond acceptors (Lipinski definition) is 2. The molecule has 0 unspecified atom stereocenters. The van der Waals surface area contributed by atoms with Gasteiger partial charge >= 0.3 is 0 Å². The summed E-state index contributed by atoms with van der Waals surface area (Å²) in [6.45, 7) is 8.23. The van der Waals surface area contributed by atoms with Gasteiger partial charge in [0, 0.05) is 13.1 Å². The van der Waals surface area contributed by atoms with Crippen LogP contribution in [-0.2, 0) is 0 Å². The van der Waals surface area contributed by atoms with Gasteiger partial charge in [0.05, 0.1) is 5.69 Å². The zero-order valence-corrected chi connectivity index (χ0v) is 13.9. The van der Waals surface area contributed by atoms with E-state index in [0.29, 0.717) is 5.69 Å². The molecule has 0 radical (unpaired) electrons. The number of rotatable bonds is 9. The number of benzene rings is 1. The highest BCUT2D eigenvalue weighted by atomic mass is 32.1. The summed E-state index contributed by atoms with van der Waals surface area (Å²) in [5.74, 6) is 0.731. The van der Waals surface area contributed by atoms with E-state index >= 15 is 0 Å². The van der Waals surface area contributed by atoms with Gasteiger partial charge < -0.3 is 4.90 Å². The number of para-hydroxylation sites is 1. The fraction of sp³-hybridized carbons (Fsp3) is 0.647. The Morgan fingerprint density at radius 3 is 2.15 bits per heavy atom. The number of thiol groups is 1. The lowest BCUT2D eigenvalue weighted by Gasteiger charge is -2.38. The van der Waals surface area contributed by atoms with Crippen LogP contribution >= 0.6 is 12.6 Å². The van der Waals surface area contributed by atoms with Gasteiger partial charge in [0.15, 0.2) is 0 Å². The van der Waals surface area contributed by atoms with Gasteiger partial charge in [0.25, 0.3) is 0 Å². The fourth-order valence-electron chi connectivity index (χ4n) is 3.03. The Morgan fingerprint density at radius 1 is 1.10 bits per heavy atom. The zero-order chi connectivity index (χ0) is 15.0. The van der Waals surface area contributed by atoms with Crippen molar-refractivity contribution in [1.82, 2.24) is 0 Å². The van der Waals surface area contributed by atoms with Gasteiger partial charge in [-0.1, -0.05) is 38.8 Å². The lowest BCUT2D eigenvalue weighted by molar-refractivity contribution is 0.278. The predicted molar refractivity (Wildman–Crippen MR) is 90.4 cm³/mol. The minimum atomic E-state index is -0.129. The third kappa shape index (κ3) is 4.41. The van der Waals surface area contributed by atoms with E-state index < -0.39 is 0 Å². The first kappa shape index (κ1) is 17.4. The van der Waals surface area contributed by atoms with Crippen molar-refractivity contribution in [3.63, 3.8) is 0 Å². The fourth-order valence-corrected chi connectivity index (χ4v) is 3.45. The zero-order valence-electron chi connectivity index (χ0n) is 13.0. The maximum Gasteiger partial charge on any atom is 0.146 e. The summed E-state index contributed by atoms with van der Waals surface area (Å²) < 4.78 is 14.0. The quantitative estimate of drug-likeness (QED) is 0.616. The van der Waals surface area contributed by atoms with Crippen LogP contribution in [0.2, 0.25) is 0 Å². The Morgan fingerprint density at radius 2 is 1.70 bits per heavy atom. The second kappa shape index (κ2) is 8.56. The summed E-state index contributed by atoms with van der Waals surface area (Å²) in [6, 6.07) is 7.07. The van der Waals surface area contributed by atoms with Crippen LogP contribution < -0.4 is 4.90 Å². The van der Waals surface area contributed by atoms with Crippen molar-refractivity contribution in [2.75, 3.05) is 23.7 Å². The molecule has 0 heterocycles. The van der Waals surface area contributed by atoms with E-state index in [9.17, 15) is 4.39 Å². The van der Waals surface area contributed by atoms with Crippen molar-refractivity contribution in [3.8, 4) is 0 Å². The number of halogens is 1. The van der Waals surface area contributed by atoms with Crippen molar-refractivity contribution in [3.05, 3.63) is 30.1 Å². The first-order chi connectivity index (χ1) is 9.62. The minimum absolute atomic E-state index is 0.129. The molecule has 0 fully saturated rings. The van der Waals surface area contributed by atoms with Crippen LogP contribution in [0.4, 0.5) is 10.1 Å². The van der Waals surface area contributed by atoms with Gasteiger partial charge in [-0.15, -0.1) is 0 Å². The first-order valence-corrected chi connectivity index (χ1v) is 8.36. The van der Waals surface area contributed by atoms with E-state index in [0.717, 1.165) is 44.5 Å². The molecular weight excluding hydrogens is 269 g/mol. The van der Waals surface area contributed by atoms with Crippen LogP contribution in [-0.4, -0.2) is 18.8 Å². The molecule has 0 aliphatic heterocycles. The third-order valence-corrected chi connectivity index (χ3v) is 4.67. The topological polar surface area (TPSA) is 3.24 Å². The maximum absolute atomic E-state index is 14.0. The van der Waals surface area contributed by atoms with E-state index in [-0.39, 0.29) is 11.2 Å². The summed E-state index contributed by atoms with van der Waals surface area (Å²) in [5, 5.41) is 0. The highest BCUT2D eigenvalue weighted by Gasteiger charge is 2.29. The number of hydrogen-bond donors (Lipinski definition) is 1. The Labute approximate surface area is 129 Å². The van der Waals surface area contributed by atoms with E-state index in [4.69, 9.17) is 0 Å². The van der Waals surface area contributed by atoms with Gasteiger partial charge in [-0.05, 0) is 43.1 Å². The smallest absolute Gasteiger partial charge is 0.146 e. The second-order valence-electron chi connectivity index (χ2n) is 5.62. The molecule has 0 saturated carbocycles. The SMILES string of the molecule is CCCC(CS)(CCC)CN(CC)c1ccccc1F. The molecular formula is C17H28FNS. The Hall–Kier alpha value is -0.700. The third-order valence-electron chi connectivity index (χ3n) is 4.00. The van der Waals surface area contributed by atoms with Crippen molar-refractivity contribution < 1.29 is 4.39 Å². The van der Waals surface area contributed by atoms with E-state index in [2.05, 4.69) is 38.3 Å².